The van der Waals surface area contributed by atoms with E-state index in [1.165, 1.54) is 12.7 Å². The molecule has 1 unspecified atom stereocenters. The zero-order valence-electron chi connectivity index (χ0n) is 12.4. The molecule has 1 fully saturated rings. The maximum absolute atomic E-state index is 12.4. The van der Waals surface area contributed by atoms with E-state index in [4.69, 9.17) is 0 Å². The summed E-state index contributed by atoms with van der Waals surface area (Å²) in [6.07, 6.45) is 4.94. The third-order valence-corrected chi connectivity index (χ3v) is 3.71. The van der Waals surface area contributed by atoms with Crippen LogP contribution in [0.5, 0.6) is 0 Å². The topological polar surface area (TPSA) is 70.1 Å². The highest BCUT2D eigenvalue weighted by Gasteiger charge is 2.22. The molecule has 0 spiro atoms. The molecule has 1 aliphatic rings. The van der Waals surface area contributed by atoms with Crippen LogP contribution in [-0.4, -0.2) is 47.0 Å². The summed E-state index contributed by atoms with van der Waals surface area (Å²) in [5, 5.41) is 6.21. The summed E-state index contributed by atoms with van der Waals surface area (Å²) in [4.78, 5) is 22.7. The Labute approximate surface area is 120 Å². The van der Waals surface area contributed by atoms with E-state index in [9.17, 15) is 4.79 Å². The molecule has 2 N–H and O–H groups in total. The average molecular weight is 277 g/mol. The molecule has 110 valence electrons. The molecule has 0 bridgehead atoms. The van der Waals surface area contributed by atoms with Crippen LogP contribution in [0.4, 0.5) is 11.6 Å². The molecule has 0 saturated carbocycles. The number of rotatable bonds is 4. The van der Waals surface area contributed by atoms with Gasteiger partial charge in [-0.2, -0.15) is 0 Å². The van der Waals surface area contributed by atoms with Crippen molar-refractivity contribution in [1.82, 2.24) is 14.9 Å². The molecular weight excluding hydrogens is 254 g/mol. The van der Waals surface area contributed by atoms with E-state index < -0.39 is 0 Å². The van der Waals surface area contributed by atoms with Crippen LogP contribution in [-0.2, 0) is 4.79 Å². The molecule has 20 heavy (non-hydrogen) atoms. The molecule has 1 aromatic rings. The zero-order valence-corrected chi connectivity index (χ0v) is 12.4. The van der Waals surface area contributed by atoms with E-state index in [2.05, 4.69) is 20.6 Å². The second-order valence-electron chi connectivity index (χ2n) is 5.20. The first-order valence-corrected chi connectivity index (χ1v) is 7.18. The molecule has 0 radical (unpaired) electrons. The molecule has 6 heteroatoms. The van der Waals surface area contributed by atoms with Crippen molar-refractivity contribution in [2.45, 2.75) is 39.2 Å². The first-order valence-electron chi connectivity index (χ1n) is 7.18. The van der Waals surface area contributed by atoms with E-state index in [0.29, 0.717) is 5.82 Å². The van der Waals surface area contributed by atoms with Crippen LogP contribution in [0.2, 0.25) is 0 Å². The van der Waals surface area contributed by atoms with Gasteiger partial charge in [-0.1, -0.05) is 0 Å². The van der Waals surface area contributed by atoms with Crippen LogP contribution >= 0.6 is 0 Å². The number of piperidine rings is 1. The summed E-state index contributed by atoms with van der Waals surface area (Å²) >= 11 is 0. The van der Waals surface area contributed by atoms with E-state index in [1.807, 2.05) is 25.8 Å². The van der Waals surface area contributed by atoms with Crippen molar-refractivity contribution in [2.24, 2.45) is 0 Å². The molecule has 2 heterocycles. The monoisotopic (exact) mass is 277 g/mol. The Hall–Kier alpha value is -1.85. The fourth-order valence-electron chi connectivity index (χ4n) is 2.50. The van der Waals surface area contributed by atoms with Crippen molar-refractivity contribution in [3.8, 4) is 0 Å². The van der Waals surface area contributed by atoms with Gasteiger partial charge in [0, 0.05) is 25.7 Å². The first-order chi connectivity index (χ1) is 9.63. The lowest BCUT2D eigenvalue weighted by atomic mass is 10.1. The highest BCUT2D eigenvalue weighted by atomic mass is 16.2. The highest BCUT2D eigenvalue weighted by Crippen LogP contribution is 2.19. The van der Waals surface area contributed by atoms with Gasteiger partial charge in [-0.25, -0.2) is 9.97 Å². The van der Waals surface area contributed by atoms with Gasteiger partial charge in [0.2, 0.25) is 5.91 Å². The molecule has 0 aliphatic carbocycles. The molecule has 6 nitrogen and oxygen atoms in total. The van der Waals surface area contributed by atoms with Gasteiger partial charge in [0.05, 0.1) is 0 Å². The van der Waals surface area contributed by atoms with Crippen LogP contribution in [0.25, 0.3) is 0 Å². The van der Waals surface area contributed by atoms with Gasteiger partial charge in [0.1, 0.15) is 24.0 Å². The smallest absolute Gasteiger partial charge is 0.244 e. The number of aromatic nitrogens is 2. The van der Waals surface area contributed by atoms with Gasteiger partial charge in [0.15, 0.2) is 0 Å². The Kier molecular flexibility index (Phi) is 4.76. The standard InChI is InChI=1S/C14H23N5O/c1-10-12(15-3)16-9-17-13(10)18-11(2)14(20)19-7-5-4-6-8-19/h9,11H,4-8H2,1-3H3,(H2,15,16,17,18). The number of nitrogens with zero attached hydrogens (tertiary/aromatic N) is 3. The summed E-state index contributed by atoms with van der Waals surface area (Å²) in [5.41, 5.74) is 0.924. The second kappa shape index (κ2) is 6.54. The largest absolute Gasteiger partial charge is 0.373 e. The Morgan fingerprint density at radius 2 is 1.90 bits per heavy atom. The maximum Gasteiger partial charge on any atom is 0.244 e. The van der Waals surface area contributed by atoms with Gasteiger partial charge in [0.25, 0.3) is 0 Å². The highest BCUT2D eigenvalue weighted by molar-refractivity contribution is 5.84. The predicted molar refractivity (Wildman–Crippen MR) is 79.8 cm³/mol. The van der Waals surface area contributed by atoms with Crippen LogP contribution in [0, 0.1) is 6.92 Å². The lowest BCUT2D eigenvalue weighted by Crippen LogP contribution is -2.44. The molecule has 1 aliphatic heterocycles. The van der Waals surface area contributed by atoms with Crippen molar-refractivity contribution in [1.29, 1.82) is 0 Å². The Morgan fingerprint density at radius 1 is 1.25 bits per heavy atom. The molecule has 1 amide bonds. The summed E-state index contributed by atoms with van der Waals surface area (Å²) in [7, 11) is 1.82. The number of hydrogen-bond acceptors (Lipinski definition) is 5. The minimum Gasteiger partial charge on any atom is -0.373 e. The van der Waals surface area contributed by atoms with Crippen LogP contribution in [0.3, 0.4) is 0 Å². The van der Waals surface area contributed by atoms with Crippen molar-refractivity contribution >= 4 is 17.5 Å². The second-order valence-corrected chi connectivity index (χ2v) is 5.20. The number of carbonyl (C=O) groups excluding carboxylic acids is 1. The van der Waals surface area contributed by atoms with Gasteiger partial charge >= 0.3 is 0 Å². The first kappa shape index (κ1) is 14.6. The summed E-state index contributed by atoms with van der Waals surface area (Å²) in [6, 6.07) is -0.272. The molecular formula is C14H23N5O. The van der Waals surface area contributed by atoms with Gasteiger partial charge in [-0.3, -0.25) is 4.79 Å². The average Bonchev–Trinajstić information content (AvgIpc) is 2.49. The predicted octanol–water partition coefficient (Wildman–Crippen LogP) is 1.64. The number of likely N-dealkylation sites (tertiary alicyclic amines) is 1. The van der Waals surface area contributed by atoms with Crippen LogP contribution in [0.1, 0.15) is 31.7 Å². The van der Waals surface area contributed by atoms with Crippen molar-refractivity contribution in [3.05, 3.63) is 11.9 Å². The van der Waals surface area contributed by atoms with Gasteiger partial charge < -0.3 is 15.5 Å². The van der Waals surface area contributed by atoms with Crippen molar-refractivity contribution in [3.63, 3.8) is 0 Å². The summed E-state index contributed by atoms with van der Waals surface area (Å²) < 4.78 is 0. The number of nitrogens with one attached hydrogen (secondary N) is 2. The molecule has 2 rings (SSSR count). The number of amides is 1. The van der Waals surface area contributed by atoms with E-state index >= 15 is 0 Å². The third-order valence-electron chi connectivity index (χ3n) is 3.71. The Morgan fingerprint density at radius 3 is 2.55 bits per heavy atom. The van der Waals surface area contributed by atoms with Crippen molar-refractivity contribution in [2.75, 3.05) is 30.8 Å². The zero-order chi connectivity index (χ0) is 14.5. The fourth-order valence-corrected chi connectivity index (χ4v) is 2.50. The molecule has 1 aromatic heterocycles. The van der Waals surface area contributed by atoms with Crippen LogP contribution in [0.15, 0.2) is 6.33 Å². The molecule has 1 atom stereocenters. The number of hydrogen-bond donors (Lipinski definition) is 2. The Bertz CT molecular complexity index is 471. The quantitative estimate of drug-likeness (QED) is 0.875. The normalized spacial score (nSPS) is 16.6. The van der Waals surface area contributed by atoms with Gasteiger partial charge in [-0.15, -0.1) is 0 Å². The lowest BCUT2D eigenvalue weighted by Gasteiger charge is -2.29. The molecule has 0 aromatic carbocycles. The maximum atomic E-state index is 12.4. The number of anilines is 2. The fraction of sp³-hybridized carbons (Fsp3) is 0.643. The minimum atomic E-state index is -0.272. The van der Waals surface area contributed by atoms with Crippen LogP contribution < -0.4 is 10.6 Å². The van der Waals surface area contributed by atoms with E-state index in [-0.39, 0.29) is 11.9 Å². The summed E-state index contributed by atoms with van der Waals surface area (Å²) in [5.74, 6) is 1.64. The lowest BCUT2D eigenvalue weighted by molar-refractivity contribution is -0.132. The van der Waals surface area contributed by atoms with E-state index in [0.717, 1.165) is 37.3 Å². The minimum absolute atomic E-state index is 0.147. The molecule has 1 saturated heterocycles. The van der Waals surface area contributed by atoms with Gasteiger partial charge in [-0.05, 0) is 33.1 Å². The Balaban J connectivity index is 2.03. The number of carbonyl (C=O) groups is 1. The van der Waals surface area contributed by atoms with Crippen molar-refractivity contribution < 1.29 is 4.79 Å². The SMILES string of the molecule is CNc1ncnc(NC(C)C(=O)N2CCCCC2)c1C. The third kappa shape index (κ3) is 3.18. The summed E-state index contributed by atoms with van der Waals surface area (Å²) in [6.45, 7) is 5.56. The van der Waals surface area contributed by atoms with E-state index in [1.54, 1.807) is 0 Å².